The summed E-state index contributed by atoms with van der Waals surface area (Å²) in [6.07, 6.45) is 4.44. The molecule has 1 fully saturated rings. The molecule has 1 aromatic rings. The lowest BCUT2D eigenvalue weighted by Gasteiger charge is -2.42. The molecular weight excluding hydrogens is 264 g/mol. The predicted octanol–water partition coefficient (Wildman–Crippen LogP) is 1.39. The molecular formula is C15H20N6. The molecule has 4 rings (SSSR count). The van der Waals surface area contributed by atoms with Crippen LogP contribution in [0.25, 0.3) is 0 Å². The number of hydrazine groups is 1. The number of fused-ring (bicyclic) bond motifs is 3. The smallest absolute Gasteiger partial charge is 0.176 e. The predicted molar refractivity (Wildman–Crippen MR) is 82.4 cm³/mol. The minimum Gasteiger partial charge on any atom is -0.284 e. The maximum absolute atomic E-state index is 4.60. The van der Waals surface area contributed by atoms with Gasteiger partial charge in [0.1, 0.15) is 18.7 Å². The third kappa shape index (κ3) is 1.78. The Morgan fingerprint density at radius 2 is 1.76 bits per heavy atom. The van der Waals surface area contributed by atoms with Gasteiger partial charge in [0.15, 0.2) is 5.84 Å². The van der Waals surface area contributed by atoms with Crippen LogP contribution in [0.1, 0.15) is 35.1 Å². The Morgan fingerprint density at radius 1 is 1.00 bits per heavy atom. The maximum Gasteiger partial charge on any atom is 0.176 e. The molecule has 0 aliphatic carbocycles. The van der Waals surface area contributed by atoms with Gasteiger partial charge in [0.2, 0.25) is 0 Å². The normalized spacial score (nSPS) is 26.1. The molecule has 0 amide bonds. The average Bonchev–Trinajstić information content (AvgIpc) is 3.08. The van der Waals surface area contributed by atoms with E-state index in [0.29, 0.717) is 0 Å². The number of rotatable bonds is 1. The van der Waals surface area contributed by atoms with E-state index in [1.807, 2.05) is 6.34 Å². The second-order valence-corrected chi connectivity index (χ2v) is 6.02. The van der Waals surface area contributed by atoms with Crippen molar-refractivity contribution in [3.8, 4) is 0 Å². The highest BCUT2D eigenvalue weighted by Crippen LogP contribution is 2.29. The molecule has 0 bridgehead atoms. The Labute approximate surface area is 124 Å². The Balaban J connectivity index is 1.75. The topological polar surface area (TPSA) is 55.3 Å². The van der Waals surface area contributed by atoms with Crippen molar-refractivity contribution in [3.63, 3.8) is 0 Å². The van der Waals surface area contributed by atoms with Crippen molar-refractivity contribution >= 4 is 12.2 Å². The third-order valence-corrected chi connectivity index (χ3v) is 4.59. The highest BCUT2D eigenvalue weighted by atomic mass is 15.8. The van der Waals surface area contributed by atoms with Crippen LogP contribution in [0.15, 0.2) is 22.3 Å². The molecule has 6 nitrogen and oxygen atoms in total. The average molecular weight is 284 g/mol. The molecule has 1 aromatic carbocycles. The monoisotopic (exact) mass is 284 g/mol. The van der Waals surface area contributed by atoms with E-state index in [4.69, 9.17) is 0 Å². The molecule has 6 heteroatoms. The van der Waals surface area contributed by atoms with Gasteiger partial charge in [-0.05, 0) is 56.4 Å². The fraction of sp³-hybridized carbons (Fsp3) is 0.467. The summed E-state index contributed by atoms with van der Waals surface area (Å²) in [6.45, 7) is 6.45. The first kappa shape index (κ1) is 12.5. The number of aryl methyl sites for hydroxylation is 3. The SMILES string of the molecule is Cc1cc(C)c(C2=NNC3CCC4NN=CN4N23)cc1C. The van der Waals surface area contributed by atoms with E-state index >= 15 is 0 Å². The Morgan fingerprint density at radius 3 is 2.62 bits per heavy atom. The van der Waals surface area contributed by atoms with E-state index in [0.717, 1.165) is 18.7 Å². The summed E-state index contributed by atoms with van der Waals surface area (Å²) in [5.41, 5.74) is 11.5. The Kier molecular flexibility index (Phi) is 2.60. The fourth-order valence-electron chi connectivity index (χ4n) is 3.27. The fourth-order valence-corrected chi connectivity index (χ4v) is 3.27. The van der Waals surface area contributed by atoms with E-state index in [1.165, 1.54) is 22.3 Å². The van der Waals surface area contributed by atoms with Crippen LogP contribution in [-0.4, -0.2) is 34.5 Å². The zero-order valence-electron chi connectivity index (χ0n) is 12.6. The van der Waals surface area contributed by atoms with Crippen molar-refractivity contribution in [1.82, 2.24) is 20.9 Å². The standard InChI is InChI=1S/C15H20N6/c1-9-6-11(3)12(7-10(9)2)15-19-18-14-5-4-13-17-16-8-20(13)21(14)15/h6-8,13-14,17-18H,4-5H2,1-3H3. The molecule has 0 aromatic heterocycles. The summed E-state index contributed by atoms with van der Waals surface area (Å²) in [6, 6.07) is 4.47. The molecule has 110 valence electrons. The second-order valence-electron chi connectivity index (χ2n) is 6.02. The van der Waals surface area contributed by atoms with Crippen LogP contribution in [0.3, 0.4) is 0 Å². The molecule has 2 unspecified atom stereocenters. The molecule has 3 aliphatic rings. The van der Waals surface area contributed by atoms with Crippen molar-refractivity contribution in [2.45, 2.75) is 45.9 Å². The van der Waals surface area contributed by atoms with Gasteiger partial charge in [-0.2, -0.15) is 10.2 Å². The van der Waals surface area contributed by atoms with Crippen LogP contribution in [0.2, 0.25) is 0 Å². The maximum atomic E-state index is 4.60. The lowest BCUT2D eigenvalue weighted by molar-refractivity contribution is 0.0000845. The molecule has 1 saturated heterocycles. The minimum atomic E-state index is 0.226. The van der Waals surface area contributed by atoms with Crippen molar-refractivity contribution < 1.29 is 0 Å². The highest BCUT2D eigenvalue weighted by Gasteiger charge is 2.41. The van der Waals surface area contributed by atoms with E-state index in [1.54, 1.807) is 0 Å². The third-order valence-electron chi connectivity index (χ3n) is 4.59. The van der Waals surface area contributed by atoms with Crippen molar-refractivity contribution in [2.24, 2.45) is 10.2 Å². The zero-order valence-corrected chi connectivity index (χ0v) is 12.6. The number of benzene rings is 1. The number of amidine groups is 1. The van der Waals surface area contributed by atoms with Crippen LogP contribution in [-0.2, 0) is 0 Å². The van der Waals surface area contributed by atoms with E-state index < -0.39 is 0 Å². The van der Waals surface area contributed by atoms with Crippen LogP contribution < -0.4 is 10.9 Å². The van der Waals surface area contributed by atoms with Gasteiger partial charge in [0.25, 0.3) is 0 Å². The molecule has 0 saturated carbocycles. The molecule has 2 atom stereocenters. The molecule has 0 radical (unpaired) electrons. The van der Waals surface area contributed by atoms with E-state index in [-0.39, 0.29) is 12.3 Å². The Hall–Kier alpha value is -2.24. The summed E-state index contributed by atoms with van der Waals surface area (Å²) < 4.78 is 0. The van der Waals surface area contributed by atoms with E-state index in [9.17, 15) is 0 Å². The van der Waals surface area contributed by atoms with Gasteiger partial charge >= 0.3 is 0 Å². The lowest BCUT2D eigenvalue weighted by atomic mass is 9.99. The molecule has 21 heavy (non-hydrogen) atoms. The van der Waals surface area contributed by atoms with Gasteiger partial charge in [-0.1, -0.05) is 6.07 Å². The number of nitrogens with zero attached hydrogens (tertiary/aromatic N) is 4. The Bertz CT molecular complexity index is 650. The van der Waals surface area contributed by atoms with Gasteiger partial charge in [0.05, 0.1) is 0 Å². The van der Waals surface area contributed by atoms with Crippen LogP contribution in [0.4, 0.5) is 0 Å². The van der Waals surface area contributed by atoms with Crippen molar-refractivity contribution in [3.05, 3.63) is 34.4 Å². The first-order valence-electron chi connectivity index (χ1n) is 7.43. The number of hydrogen-bond donors (Lipinski definition) is 2. The van der Waals surface area contributed by atoms with E-state index in [2.05, 4.69) is 64.0 Å². The summed E-state index contributed by atoms with van der Waals surface area (Å²) in [5, 5.41) is 13.2. The first-order chi connectivity index (χ1) is 10.1. The van der Waals surface area contributed by atoms with Gasteiger partial charge < -0.3 is 0 Å². The summed E-state index contributed by atoms with van der Waals surface area (Å²) in [5.74, 6) is 0.987. The zero-order chi connectivity index (χ0) is 14.6. The molecule has 2 N–H and O–H groups in total. The molecule has 0 spiro atoms. The summed E-state index contributed by atoms with van der Waals surface area (Å²) in [7, 11) is 0. The van der Waals surface area contributed by atoms with Gasteiger partial charge in [0, 0.05) is 5.56 Å². The quantitative estimate of drug-likeness (QED) is 0.818. The number of nitrogens with one attached hydrogen (secondary N) is 2. The first-order valence-corrected chi connectivity index (χ1v) is 7.43. The molecule has 3 aliphatic heterocycles. The second kappa shape index (κ2) is 4.38. The van der Waals surface area contributed by atoms with Gasteiger partial charge in [-0.15, -0.1) is 0 Å². The summed E-state index contributed by atoms with van der Waals surface area (Å²) in [4.78, 5) is 0. The number of hydrazone groups is 2. The van der Waals surface area contributed by atoms with Crippen molar-refractivity contribution in [1.29, 1.82) is 0 Å². The van der Waals surface area contributed by atoms with Gasteiger partial charge in [-0.25, -0.2) is 10.0 Å². The summed E-state index contributed by atoms with van der Waals surface area (Å²) >= 11 is 0. The lowest BCUT2D eigenvalue weighted by Crippen LogP contribution is -2.59. The van der Waals surface area contributed by atoms with Crippen LogP contribution in [0, 0.1) is 20.8 Å². The van der Waals surface area contributed by atoms with Crippen molar-refractivity contribution in [2.75, 3.05) is 0 Å². The van der Waals surface area contributed by atoms with Crippen LogP contribution in [0.5, 0.6) is 0 Å². The van der Waals surface area contributed by atoms with Gasteiger partial charge in [-0.3, -0.25) is 10.9 Å². The van der Waals surface area contributed by atoms with Crippen LogP contribution >= 0.6 is 0 Å². The minimum absolute atomic E-state index is 0.226. The largest absolute Gasteiger partial charge is 0.284 e. The molecule has 3 heterocycles. The highest BCUT2D eigenvalue weighted by molar-refractivity contribution is 6.01. The number of hydrogen-bond acceptors (Lipinski definition) is 6.